The molecule has 28 heavy (non-hydrogen) atoms. The molecule has 0 aromatic heterocycles. The van der Waals surface area contributed by atoms with Gasteiger partial charge in [-0.2, -0.15) is 0 Å². The Balaban J connectivity index is 1.56. The molecule has 1 aromatic rings. The highest BCUT2D eigenvalue weighted by Crippen LogP contribution is 2.25. The Morgan fingerprint density at radius 2 is 1.46 bits per heavy atom. The fourth-order valence-corrected chi connectivity index (χ4v) is 3.06. The summed E-state index contributed by atoms with van der Waals surface area (Å²) in [5, 5.41) is 59.3. The summed E-state index contributed by atoms with van der Waals surface area (Å²) in [6.45, 7) is -0.435. The molecule has 0 aliphatic carbocycles. The maximum atomic E-state index is 10.1. The molecule has 1 aromatic carbocycles. The topological polar surface area (TPSA) is 158 Å². The van der Waals surface area contributed by atoms with Gasteiger partial charge in [-0.25, -0.2) is 0 Å². The first-order valence-corrected chi connectivity index (χ1v) is 9.01. The Morgan fingerprint density at radius 3 is 2.18 bits per heavy atom. The van der Waals surface area contributed by atoms with E-state index < -0.39 is 55.3 Å². The summed E-state index contributed by atoms with van der Waals surface area (Å²) in [6.07, 6.45) is -12.2. The van der Waals surface area contributed by atoms with Gasteiger partial charge in [0.15, 0.2) is 12.6 Å². The van der Waals surface area contributed by atoms with Crippen molar-refractivity contribution in [1.82, 2.24) is 0 Å². The van der Waals surface area contributed by atoms with Crippen LogP contribution in [0.5, 0.6) is 0 Å². The van der Waals surface area contributed by atoms with Gasteiger partial charge in [-0.1, -0.05) is 30.3 Å². The SMILES string of the molecule is O[C@@H]1[C@@H](O)[C@H](OCc2ccccc2)O[C@H](CO[C@@H]2OC[C@H](O)[C@@H](O)[C@@H]2O)[C@H]1O. The third kappa shape index (κ3) is 4.86. The zero-order chi connectivity index (χ0) is 20.3. The van der Waals surface area contributed by atoms with Gasteiger partial charge in [0.2, 0.25) is 0 Å². The molecule has 2 saturated heterocycles. The molecule has 10 nitrogen and oxygen atoms in total. The van der Waals surface area contributed by atoms with Crippen molar-refractivity contribution in [3.63, 3.8) is 0 Å². The lowest BCUT2D eigenvalue weighted by Gasteiger charge is -2.41. The van der Waals surface area contributed by atoms with Gasteiger partial charge in [0, 0.05) is 0 Å². The maximum Gasteiger partial charge on any atom is 0.187 e. The summed E-state index contributed by atoms with van der Waals surface area (Å²) in [6, 6.07) is 9.14. The molecule has 3 rings (SSSR count). The fraction of sp³-hybridized carbons (Fsp3) is 0.667. The smallest absolute Gasteiger partial charge is 0.187 e. The number of aliphatic hydroxyl groups excluding tert-OH is 6. The first-order valence-electron chi connectivity index (χ1n) is 9.01. The molecule has 158 valence electrons. The maximum absolute atomic E-state index is 10.1. The molecule has 6 N–H and O–H groups in total. The van der Waals surface area contributed by atoms with Crippen molar-refractivity contribution < 1.29 is 49.6 Å². The molecule has 0 radical (unpaired) electrons. The minimum absolute atomic E-state index is 0.119. The number of hydrogen-bond donors (Lipinski definition) is 6. The average molecular weight is 402 g/mol. The molecule has 2 aliphatic rings. The van der Waals surface area contributed by atoms with Crippen LogP contribution in [0.25, 0.3) is 0 Å². The van der Waals surface area contributed by atoms with Gasteiger partial charge in [-0.15, -0.1) is 0 Å². The van der Waals surface area contributed by atoms with Crippen LogP contribution >= 0.6 is 0 Å². The summed E-state index contributed by atoms with van der Waals surface area (Å²) >= 11 is 0. The molecule has 2 aliphatic heterocycles. The van der Waals surface area contributed by atoms with Crippen molar-refractivity contribution in [1.29, 1.82) is 0 Å². The molecule has 0 spiro atoms. The molecule has 0 unspecified atom stereocenters. The van der Waals surface area contributed by atoms with E-state index in [4.69, 9.17) is 18.9 Å². The second-order valence-corrected chi connectivity index (χ2v) is 6.89. The molecule has 2 fully saturated rings. The molecule has 0 bridgehead atoms. The predicted molar refractivity (Wildman–Crippen MR) is 91.6 cm³/mol. The first-order chi connectivity index (χ1) is 13.4. The highest BCUT2D eigenvalue weighted by atomic mass is 16.7. The molecule has 10 heteroatoms. The lowest BCUT2D eigenvalue weighted by molar-refractivity contribution is -0.322. The van der Waals surface area contributed by atoms with E-state index in [1.807, 2.05) is 30.3 Å². The molecular formula is C18H26O10. The standard InChI is InChI=1S/C18H26O10/c19-10-7-26-17(15(23)12(10)20)27-8-11-13(21)14(22)16(24)18(28-11)25-6-9-4-2-1-3-5-9/h1-5,10-24H,6-8H2/t10-,11+,12+,13+,14-,15-,16+,17-,18+/m0/s1. The number of benzene rings is 1. The van der Waals surface area contributed by atoms with Crippen LogP contribution < -0.4 is 0 Å². The van der Waals surface area contributed by atoms with Gasteiger partial charge in [0.25, 0.3) is 0 Å². The van der Waals surface area contributed by atoms with Crippen LogP contribution in [0.2, 0.25) is 0 Å². The Labute approximate surface area is 161 Å². The van der Waals surface area contributed by atoms with Crippen molar-refractivity contribution in [2.75, 3.05) is 13.2 Å². The second-order valence-electron chi connectivity index (χ2n) is 6.89. The Kier molecular flexibility index (Phi) is 7.34. The van der Waals surface area contributed by atoms with Crippen LogP contribution in [0.4, 0.5) is 0 Å². The van der Waals surface area contributed by atoms with Crippen molar-refractivity contribution in [2.45, 2.75) is 61.9 Å². The van der Waals surface area contributed by atoms with Crippen LogP contribution in [0.1, 0.15) is 5.56 Å². The number of hydrogen-bond acceptors (Lipinski definition) is 10. The van der Waals surface area contributed by atoms with Crippen LogP contribution in [-0.4, -0.2) is 99.2 Å². The molecular weight excluding hydrogens is 376 g/mol. The first kappa shape index (κ1) is 21.5. The van der Waals surface area contributed by atoms with E-state index >= 15 is 0 Å². The average Bonchev–Trinajstić information content (AvgIpc) is 2.71. The summed E-state index contributed by atoms with van der Waals surface area (Å²) in [7, 11) is 0. The van der Waals surface area contributed by atoms with Crippen LogP contribution in [0.15, 0.2) is 30.3 Å². The van der Waals surface area contributed by atoms with E-state index in [1.165, 1.54) is 0 Å². The van der Waals surface area contributed by atoms with E-state index in [0.717, 1.165) is 5.56 Å². The highest BCUT2D eigenvalue weighted by Gasteiger charge is 2.45. The quantitative estimate of drug-likeness (QED) is 0.300. The van der Waals surface area contributed by atoms with E-state index in [0.29, 0.717) is 0 Å². The lowest BCUT2D eigenvalue weighted by Crippen LogP contribution is -2.60. The third-order valence-corrected chi connectivity index (χ3v) is 4.80. The van der Waals surface area contributed by atoms with Crippen molar-refractivity contribution in [2.24, 2.45) is 0 Å². The second kappa shape index (κ2) is 9.55. The summed E-state index contributed by atoms with van der Waals surface area (Å²) in [5.41, 5.74) is 0.831. The predicted octanol–water partition coefficient (Wildman–Crippen LogP) is -2.53. The summed E-state index contributed by atoms with van der Waals surface area (Å²) < 4.78 is 21.5. The Hall–Kier alpha value is -1.18. The highest BCUT2D eigenvalue weighted by molar-refractivity contribution is 5.13. The minimum atomic E-state index is -1.53. The van der Waals surface area contributed by atoms with Gasteiger partial charge in [0.1, 0.15) is 42.7 Å². The third-order valence-electron chi connectivity index (χ3n) is 4.80. The summed E-state index contributed by atoms with van der Waals surface area (Å²) in [5.74, 6) is 0. The number of ether oxygens (including phenoxy) is 4. The van der Waals surface area contributed by atoms with Crippen molar-refractivity contribution >= 4 is 0 Å². The number of rotatable bonds is 6. The number of aliphatic hydroxyl groups is 6. The molecule has 0 amide bonds. The Morgan fingerprint density at radius 1 is 0.786 bits per heavy atom. The van der Waals surface area contributed by atoms with Crippen LogP contribution in [0, 0.1) is 0 Å². The van der Waals surface area contributed by atoms with E-state index in [9.17, 15) is 30.6 Å². The lowest BCUT2D eigenvalue weighted by atomic mass is 9.99. The van der Waals surface area contributed by atoms with E-state index in [-0.39, 0.29) is 19.8 Å². The van der Waals surface area contributed by atoms with Crippen molar-refractivity contribution in [3.8, 4) is 0 Å². The van der Waals surface area contributed by atoms with Gasteiger partial charge < -0.3 is 49.6 Å². The molecule has 0 saturated carbocycles. The normalized spacial score (nSPS) is 41.7. The zero-order valence-corrected chi connectivity index (χ0v) is 15.0. The van der Waals surface area contributed by atoms with E-state index in [2.05, 4.69) is 0 Å². The molecule has 9 atom stereocenters. The van der Waals surface area contributed by atoms with Crippen molar-refractivity contribution in [3.05, 3.63) is 35.9 Å². The Bertz CT molecular complexity index is 601. The van der Waals surface area contributed by atoms with Crippen LogP contribution in [0.3, 0.4) is 0 Å². The fourth-order valence-electron chi connectivity index (χ4n) is 3.06. The summed E-state index contributed by atoms with van der Waals surface area (Å²) in [4.78, 5) is 0. The van der Waals surface area contributed by atoms with Gasteiger partial charge in [-0.05, 0) is 5.56 Å². The zero-order valence-electron chi connectivity index (χ0n) is 15.0. The van der Waals surface area contributed by atoms with Gasteiger partial charge in [-0.3, -0.25) is 0 Å². The largest absolute Gasteiger partial charge is 0.388 e. The van der Waals surface area contributed by atoms with E-state index in [1.54, 1.807) is 0 Å². The molecule has 2 heterocycles. The monoisotopic (exact) mass is 402 g/mol. The van der Waals surface area contributed by atoms with Gasteiger partial charge >= 0.3 is 0 Å². The van der Waals surface area contributed by atoms with Crippen LogP contribution in [-0.2, 0) is 25.6 Å². The minimum Gasteiger partial charge on any atom is -0.388 e. The van der Waals surface area contributed by atoms with Gasteiger partial charge in [0.05, 0.1) is 19.8 Å².